The number of aryl methyl sites for hydroxylation is 1. The van der Waals surface area contributed by atoms with E-state index in [1.807, 2.05) is 45.0 Å². The lowest BCUT2D eigenvalue weighted by Crippen LogP contribution is -2.52. The monoisotopic (exact) mass is 489 g/mol. The fraction of sp³-hybridized carbons (Fsp3) is 0.440. The number of anilines is 1. The van der Waals surface area contributed by atoms with Crippen molar-refractivity contribution in [2.45, 2.75) is 52.7 Å². The Morgan fingerprint density at radius 1 is 1.03 bits per heavy atom. The van der Waals surface area contributed by atoms with E-state index in [-0.39, 0.29) is 18.5 Å². The third-order valence-electron chi connectivity index (χ3n) is 5.43. The van der Waals surface area contributed by atoms with E-state index < -0.39 is 28.5 Å². The maximum Gasteiger partial charge on any atom is 0.244 e. The van der Waals surface area contributed by atoms with Crippen LogP contribution < -0.4 is 14.4 Å². The summed E-state index contributed by atoms with van der Waals surface area (Å²) in [5, 5.41) is 2.83. The molecule has 0 heterocycles. The summed E-state index contributed by atoms with van der Waals surface area (Å²) in [6.07, 6.45) is 1.69. The van der Waals surface area contributed by atoms with Gasteiger partial charge in [0.15, 0.2) is 0 Å². The zero-order chi connectivity index (χ0) is 25.5. The number of para-hydroxylation sites is 1. The molecule has 34 heavy (non-hydrogen) atoms. The van der Waals surface area contributed by atoms with E-state index >= 15 is 0 Å². The van der Waals surface area contributed by atoms with Gasteiger partial charge in [-0.15, -0.1) is 0 Å². The second-order valence-electron chi connectivity index (χ2n) is 8.46. The number of carbonyl (C=O) groups excluding carboxylic acids is 2. The van der Waals surface area contributed by atoms with Crippen molar-refractivity contribution in [3.8, 4) is 5.75 Å². The lowest BCUT2D eigenvalue weighted by molar-refractivity contribution is -0.139. The van der Waals surface area contributed by atoms with Gasteiger partial charge < -0.3 is 15.0 Å². The molecule has 0 aliphatic heterocycles. The van der Waals surface area contributed by atoms with Crippen LogP contribution in [0.2, 0.25) is 0 Å². The summed E-state index contributed by atoms with van der Waals surface area (Å²) in [5.41, 5.74) is 2.07. The number of hydrogen-bond donors (Lipinski definition) is 1. The predicted molar refractivity (Wildman–Crippen MR) is 134 cm³/mol. The summed E-state index contributed by atoms with van der Waals surface area (Å²) >= 11 is 0. The molecule has 2 aromatic rings. The number of ether oxygens (including phenoxy) is 1. The van der Waals surface area contributed by atoms with Crippen LogP contribution in [-0.4, -0.2) is 57.1 Å². The molecule has 0 fully saturated rings. The van der Waals surface area contributed by atoms with Gasteiger partial charge in [-0.3, -0.25) is 13.9 Å². The van der Waals surface area contributed by atoms with Crippen LogP contribution in [0.15, 0.2) is 48.5 Å². The SMILES string of the molecule is CCc1ccccc1N(CC(=O)N(Cc1ccc(OC)cc1)[C@H](C)C(=O)NC(C)C)S(C)(=O)=O. The Balaban J connectivity index is 2.41. The Hall–Kier alpha value is -3.07. The number of nitrogens with one attached hydrogen (secondary N) is 1. The highest BCUT2D eigenvalue weighted by molar-refractivity contribution is 7.92. The molecule has 1 atom stereocenters. The molecule has 0 unspecified atom stereocenters. The topological polar surface area (TPSA) is 96.0 Å². The minimum absolute atomic E-state index is 0.100. The number of sulfonamides is 1. The van der Waals surface area contributed by atoms with Crippen LogP contribution in [0.3, 0.4) is 0 Å². The normalized spacial score (nSPS) is 12.2. The maximum absolute atomic E-state index is 13.5. The molecule has 8 nitrogen and oxygen atoms in total. The molecule has 0 saturated carbocycles. The van der Waals surface area contributed by atoms with E-state index in [9.17, 15) is 18.0 Å². The number of amides is 2. The van der Waals surface area contributed by atoms with Crippen LogP contribution in [0, 0.1) is 0 Å². The van der Waals surface area contributed by atoms with Crippen molar-refractivity contribution in [2.24, 2.45) is 0 Å². The van der Waals surface area contributed by atoms with Crippen LogP contribution in [-0.2, 0) is 32.6 Å². The van der Waals surface area contributed by atoms with Gasteiger partial charge in [0.2, 0.25) is 21.8 Å². The first-order chi connectivity index (χ1) is 16.0. The Bertz CT molecular complexity index is 1080. The van der Waals surface area contributed by atoms with E-state index in [4.69, 9.17) is 4.74 Å². The molecule has 186 valence electrons. The van der Waals surface area contributed by atoms with Gasteiger partial charge in [0.05, 0.1) is 19.1 Å². The summed E-state index contributed by atoms with van der Waals surface area (Å²) in [7, 11) is -2.19. The van der Waals surface area contributed by atoms with Crippen LogP contribution in [0.4, 0.5) is 5.69 Å². The molecule has 0 aliphatic carbocycles. The van der Waals surface area contributed by atoms with Crippen LogP contribution in [0.5, 0.6) is 5.75 Å². The molecule has 1 N–H and O–H groups in total. The number of carbonyl (C=O) groups is 2. The molecule has 0 saturated heterocycles. The van der Waals surface area contributed by atoms with Gasteiger partial charge in [-0.2, -0.15) is 0 Å². The van der Waals surface area contributed by atoms with Crippen molar-refractivity contribution in [1.29, 1.82) is 0 Å². The number of hydrogen-bond acceptors (Lipinski definition) is 5. The lowest BCUT2D eigenvalue weighted by atomic mass is 10.1. The first-order valence-corrected chi connectivity index (χ1v) is 13.1. The number of benzene rings is 2. The highest BCUT2D eigenvalue weighted by Crippen LogP contribution is 2.24. The fourth-order valence-corrected chi connectivity index (χ4v) is 4.44. The highest BCUT2D eigenvalue weighted by atomic mass is 32.2. The van der Waals surface area contributed by atoms with E-state index in [0.29, 0.717) is 17.9 Å². The van der Waals surface area contributed by atoms with Crippen molar-refractivity contribution < 1.29 is 22.7 Å². The lowest BCUT2D eigenvalue weighted by Gasteiger charge is -2.32. The van der Waals surface area contributed by atoms with Crippen LogP contribution >= 0.6 is 0 Å². The number of nitrogens with zero attached hydrogens (tertiary/aromatic N) is 2. The van der Waals surface area contributed by atoms with Crippen LogP contribution in [0.25, 0.3) is 0 Å². The summed E-state index contributed by atoms with van der Waals surface area (Å²) in [4.78, 5) is 27.7. The standard InChI is InChI=1S/C25H35N3O5S/c1-7-21-10-8-9-11-23(21)28(34(6,31)32)17-24(29)27(19(4)25(30)26-18(2)3)16-20-12-14-22(33-5)15-13-20/h8-15,18-19H,7,16-17H2,1-6H3,(H,26,30)/t19-/m1/s1. The van der Waals surface area contributed by atoms with Gasteiger partial charge in [-0.25, -0.2) is 8.42 Å². The first-order valence-electron chi connectivity index (χ1n) is 11.3. The average molecular weight is 490 g/mol. The summed E-state index contributed by atoms with van der Waals surface area (Å²) in [5.74, 6) is -0.109. The predicted octanol–water partition coefficient (Wildman–Crippen LogP) is 2.97. The zero-order valence-electron chi connectivity index (χ0n) is 20.7. The van der Waals surface area contributed by atoms with Gasteiger partial charge in [0.25, 0.3) is 0 Å². The number of methoxy groups -OCH3 is 1. The van der Waals surface area contributed by atoms with Crippen molar-refractivity contribution in [3.63, 3.8) is 0 Å². The van der Waals surface area contributed by atoms with Gasteiger partial charge >= 0.3 is 0 Å². The average Bonchev–Trinajstić information content (AvgIpc) is 2.79. The Morgan fingerprint density at radius 3 is 2.18 bits per heavy atom. The van der Waals surface area contributed by atoms with Crippen molar-refractivity contribution >= 4 is 27.5 Å². The highest BCUT2D eigenvalue weighted by Gasteiger charge is 2.30. The molecule has 0 spiro atoms. The van der Waals surface area contributed by atoms with Gasteiger partial charge in [0, 0.05) is 12.6 Å². The van der Waals surface area contributed by atoms with Crippen molar-refractivity contribution in [1.82, 2.24) is 10.2 Å². The first kappa shape index (κ1) is 27.2. The quantitative estimate of drug-likeness (QED) is 0.524. The van der Waals surface area contributed by atoms with Crippen molar-refractivity contribution in [2.75, 3.05) is 24.2 Å². The maximum atomic E-state index is 13.5. The summed E-state index contributed by atoms with van der Waals surface area (Å²) in [6.45, 7) is 6.98. The van der Waals surface area contributed by atoms with E-state index in [0.717, 1.165) is 21.7 Å². The fourth-order valence-electron chi connectivity index (χ4n) is 3.56. The van der Waals surface area contributed by atoms with E-state index in [2.05, 4.69) is 5.32 Å². The third kappa shape index (κ3) is 7.21. The molecule has 0 radical (unpaired) electrons. The summed E-state index contributed by atoms with van der Waals surface area (Å²) < 4.78 is 31.7. The molecule has 2 aromatic carbocycles. The number of rotatable bonds is 11. The molecular formula is C25H35N3O5S. The van der Waals surface area contributed by atoms with Gasteiger partial charge in [-0.1, -0.05) is 37.3 Å². The summed E-state index contributed by atoms with van der Waals surface area (Å²) in [6, 6.07) is 13.4. The van der Waals surface area contributed by atoms with E-state index in [1.54, 1.807) is 38.3 Å². The second kappa shape index (κ2) is 11.9. The third-order valence-corrected chi connectivity index (χ3v) is 6.56. The Labute approximate surface area is 202 Å². The largest absolute Gasteiger partial charge is 0.497 e. The minimum atomic E-state index is -3.76. The Morgan fingerprint density at radius 2 is 1.65 bits per heavy atom. The van der Waals surface area contributed by atoms with Gasteiger partial charge in [0.1, 0.15) is 18.3 Å². The second-order valence-corrected chi connectivity index (χ2v) is 10.4. The molecule has 9 heteroatoms. The van der Waals surface area contributed by atoms with Gasteiger partial charge in [-0.05, 0) is 56.5 Å². The Kier molecular flexibility index (Phi) is 9.49. The molecule has 0 aliphatic rings. The van der Waals surface area contributed by atoms with Crippen molar-refractivity contribution in [3.05, 3.63) is 59.7 Å². The molecule has 0 bridgehead atoms. The smallest absolute Gasteiger partial charge is 0.244 e. The molecule has 2 amide bonds. The molecule has 0 aromatic heterocycles. The minimum Gasteiger partial charge on any atom is -0.497 e. The molecule has 2 rings (SSSR count). The zero-order valence-corrected chi connectivity index (χ0v) is 21.6. The van der Waals surface area contributed by atoms with E-state index in [1.165, 1.54) is 4.90 Å². The van der Waals surface area contributed by atoms with Crippen LogP contribution in [0.1, 0.15) is 38.8 Å². The molecular weight excluding hydrogens is 454 g/mol.